The van der Waals surface area contributed by atoms with Gasteiger partial charge in [0.05, 0.1) is 41.7 Å². The number of rotatable bonds is 6. The van der Waals surface area contributed by atoms with Crippen molar-refractivity contribution >= 4 is 23.2 Å². The molecule has 180 valence electrons. The van der Waals surface area contributed by atoms with Gasteiger partial charge in [-0.15, -0.1) is 0 Å². The van der Waals surface area contributed by atoms with E-state index in [-0.39, 0.29) is 12.0 Å². The minimum Gasteiger partial charge on any atom is -0.489 e. The largest absolute Gasteiger partial charge is 0.489 e. The predicted molar refractivity (Wildman–Crippen MR) is 128 cm³/mol. The number of carbonyl (C=O) groups excluding carboxylic acids is 1. The van der Waals surface area contributed by atoms with Crippen molar-refractivity contribution in [1.82, 2.24) is 24.4 Å². The first-order chi connectivity index (χ1) is 16.4. The first-order valence-corrected chi connectivity index (χ1v) is 12.3. The van der Waals surface area contributed by atoms with Crippen LogP contribution in [0.4, 0.5) is 4.39 Å². The maximum atomic E-state index is 14.1. The van der Waals surface area contributed by atoms with Gasteiger partial charge in [0.25, 0.3) is 5.91 Å². The third-order valence-electron chi connectivity index (χ3n) is 6.91. The molecule has 2 aromatic heterocycles. The lowest BCUT2D eigenvalue weighted by Crippen LogP contribution is -2.38. The van der Waals surface area contributed by atoms with Crippen molar-refractivity contribution in [1.29, 1.82) is 0 Å². The van der Waals surface area contributed by atoms with Gasteiger partial charge in [-0.05, 0) is 57.8 Å². The van der Waals surface area contributed by atoms with E-state index in [0.717, 1.165) is 49.9 Å². The Morgan fingerprint density at radius 2 is 2.06 bits per heavy atom. The van der Waals surface area contributed by atoms with E-state index in [2.05, 4.69) is 29.0 Å². The fourth-order valence-corrected chi connectivity index (χ4v) is 5.27. The van der Waals surface area contributed by atoms with Crippen LogP contribution in [0.15, 0.2) is 30.6 Å². The molecule has 1 fully saturated rings. The van der Waals surface area contributed by atoms with Gasteiger partial charge in [0.15, 0.2) is 5.65 Å². The third-order valence-corrected chi connectivity index (χ3v) is 7.10. The monoisotopic (exact) mass is 485 g/mol. The molecule has 1 amide bonds. The van der Waals surface area contributed by atoms with Gasteiger partial charge in [0.2, 0.25) is 0 Å². The van der Waals surface area contributed by atoms with E-state index in [1.807, 2.05) is 0 Å². The molecule has 1 aromatic carbocycles. The zero-order valence-electron chi connectivity index (χ0n) is 19.5. The molecular formula is C25H29ClFN5O2. The Morgan fingerprint density at radius 3 is 2.82 bits per heavy atom. The lowest BCUT2D eigenvalue weighted by molar-refractivity contribution is 0.0729. The third kappa shape index (κ3) is 4.49. The standard InChI is InChI=1S/C25H29ClFN5O2/c1-3-10-30(2)18-5-7-19(8-6-18)34-23-11-17(27)4-9-20(23)25(33)31-14-21-22(15-31)29-32-13-16(26)12-28-24(21)32/h4,9,11-13,18-19H,3,5-8,10,14-15H2,1-2H3. The van der Waals surface area contributed by atoms with Crippen molar-refractivity contribution in [2.24, 2.45) is 0 Å². The topological polar surface area (TPSA) is 63.0 Å². The highest BCUT2D eigenvalue weighted by Crippen LogP contribution is 2.32. The Morgan fingerprint density at radius 1 is 1.26 bits per heavy atom. The van der Waals surface area contributed by atoms with Crippen LogP contribution in [-0.4, -0.2) is 56.0 Å². The van der Waals surface area contributed by atoms with E-state index in [1.165, 1.54) is 18.2 Å². The molecule has 0 N–H and O–H groups in total. The number of hydrogen-bond acceptors (Lipinski definition) is 5. The van der Waals surface area contributed by atoms with E-state index in [4.69, 9.17) is 16.3 Å². The maximum Gasteiger partial charge on any atom is 0.258 e. The minimum atomic E-state index is -0.411. The molecule has 9 heteroatoms. The van der Waals surface area contributed by atoms with Crippen LogP contribution < -0.4 is 4.74 Å². The van der Waals surface area contributed by atoms with Crippen molar-refractivity contribution in [3.05, 3.63) is 58.3 Å². The van der Waals surface area contributed by atoms with Crippen molar-refractivity contribution in [2.45, 2.75) is 64.3 Å². The summed E-state index contributed by atoms with van der Waals surface area (Å²) in [5.41, 5.74) is 2.77. The van der Waals surface area contributed by atoms with Gasteiger partial charge in [-0.2, -0.15) is 5.10 Å². The molecule has 1 aliphatic heterocycles. The molecule has 0 spiro atoms. The Bertz CT molecular complexity index is 1210. The smallest absolute Gasteiger partial charge is 0.258 e. The normalized spacial score (nSPS) is 20.2. The summed E-state index contributed by atoms with van der Waals surface area (Å²) in [6.45, 7) is 4.03. The van der Waals surface area contributed by atoms with E-state index in [0.29, 0.717) is 41.1 Å². The number of fused-ring (bicyclic) bond motifs is 3. The number of nitrogens with zero attached hydrogens (tertiary/aromatic N) is 5. The summed E-state index contributed by atoms with van der Waals surface area (Å²) in [4.78, 5) is 21.9. The molecule has 3 aromatic rings. The van der Waals surface area contributed by atoms with Crippen LogP contribution in [0.5, 0.6) is 5.75 Å². The van der Waals surface area contributed by atoms with Crippen molar-refractivity contribution in [3.63, 3.8) is 0 Å². The van der Waals surface area contributed by atoms with Gasteiger partial charge in [-0.1, -0.05) is 18.5 Å². The van der Waals surface area contributed by atoms with Crippen LogP contribution in [0.2, 0.25) is 5.02 Å². The summed E-state index contributed by atoms with van der Waals surface area (Å²) in [5, 5.41) is 5.03. The molecule has 34 heavy (non-hydrogen) atoms. The predicted octanol–water partition coefficient (Wildman–Crippen LogP) is 4.71. The van der Waals surface area contributed by atoms with E-state index in [9.17, 15) is 9.18 Å². The van der Waals surface area contributed by atoms with Crippen LogP contribution in [-0.2, 0) is 13.1 Å². The summed E-state index contributed by atoms with van der Waals surface area (Å²) < 4.78 is 22.0. The molecule has 0 radical (unpaired) electrons. The Balaban J connectivity index is 1.29. The van der Waals surface area contributed by atoms with Crippen LogP contribution >= 0.6 is 11.6 Å². The van der Waals surface area contributed by atoms with E-state index in [1.54, 1.807) is 21.8 Å². The summed E-state index contributed by atoms with van der Waals surface area (Å²) in [7, 11) is 2.17. The lowest BCUT2D eigenvalue weighted by atomic mass is 9.92. The highest BCUT2D eigenvalue weighted by Gasteiger charge is 2.32. The molecular weight excluding hydrogens is 457 g/mol. The summed E-state index contributed by atoms with van der Waals surface area (Å²) in [5.74, 6) is -0.290. The first kappa shape index (κ1) is 23.1. The lowest BCUT2D eigenvalue weighted by Gasteiger charge is -2.35. The van der Waals surface area contributed by atoms with Crippen molar-refractivity contribution in [3.8, 4) is 5.75 Å². The van der Waals surface area contributed by atoms with E-state index < -0.39 is 5.82 Å². The summed E-state index contributed by atoms with van der Waals surface area (Å²) in [6.07, 6.45) is 8.26. The van der Waals surface area contributed by atoms with Crippen LogP contribution in [0.25, 0.3) is 5.65 Å². The average molecular weight is 486 g/mol. The maximum absolute atomic E-state index is 14.1. The number of aromatic nitrogens is 3. The van der Waals surface area contributed by atoms with Gasteiger partial charge in [-0.25, -0.2) is 13.9 Å². The van der Waals surface area contributed by atoms with Gasteiger partial charge >= 0.3 is 0 Å². The second-order valence-electron chi connectivity index (χ2n) is 9.30. The SMILES string of the molecule is CCCN(C)C1CCC(Oc2cc(F)ccc2C(=O)N2Cc3nn4cc(Cl)cnc4c3C2)CC1. The number of halogens is 2. The van der Waals surface area contributed by atoms with Gasteiger partial charge in [0, 0.05) is 23.9 Å². The fraction of sp³-hybridized carbons (Fsp3) is 0.480. The highest BCUT2D eigenvalue weighted by molar-refractivity contribution is 6.30. The van der Waals surface area contributed by atoms with Gasteiger partial charge in [0.1, 0.15) is 11.6 Å². The number of hydrogen-bond donors (Lipinski definition) is 0. The fourth-order valence-electron chi connectivity index (χ4n) is 5.12. The molecule has 1 saturated carbocycles. The zero-order valence-corrected chi connectivity index (χ0v) is 20.3. The van der Waals surface area contributed by atoms with Gasteiger partial charge in [-0.3, -0.25) is 4.79 Å². The molecule has 0 atom stereocenters. The molecule has 0 unspecified atom stereocenters. The molecule has 1 aliphatic carbocycles. The molecule has 0 bridgehead atoms. The first-order valence-electron chi connectivity index (χ1n) is 11.9. The van der Waals surface area contributed by atoms with Crippen LogP contribution in [0.3, 0.4) is 0 Å². The molecule has 5 rings (SSSR count). The summed E-state index contributed by atoms with van der Waals surface area (Å²) >= 11 is 6.01. The van der Waals surface area contributed by atoms with Crippen LogP contribution in [0, 0.1) is 5.82 Å². The Hall–Kier alpha value is -2.71. The number of carbonyl (C=O) groups is 1. The second-order valence-corrected chi connectivity index (χ2v) is 9.73. The quantitative estimate of drug-likeness (QED) is 0.506. The van der Waals surface area contributed by atoms with E-state index >= 15 is 0 Å². The van der Waals surface area contributed by atoms with Crippen LogP contribution in [0.1, 0.15) is 60.6 Å². The van der Waals surface area contributed by atoms with Crippen molar-refractivity contribution < 1.29 is 13.9 Å². The summed E-state index contributed by atoms with van der Waals surface area (Å²) in [6, 6.07) is 4.72. The highest BCUT2D eigenvalue weighted by atomic mass is 35.5. The molecule has 0 saturated heterocycles. The van der Waals surface area contributed by atoms with Crippen molar-refractivity contribution in [2.75, 3.05) is 13.6 Å². The molecule has 3 heterocycles. The second kappa shape index (κ2) is 9.50. The minimum absolute atomic E-state index is 0.0199. The number of amides is 1. The Kier molecular flexibility index (Phi) is 6.44. The molecule has 2 aliphatic rings. The number of ether oxygens (including phenoxy) is 1. The van der Waals surface area contributed by atoms with Gasteiger partial charge < -0.3 is 14.5 Å². The Labute approximate surface area is 203 Å². The molecule has 7 nitrogen and oxygen atoms in total. The number of benzene rings is 1. The average Bonchev–Trinajstić information content (AvgIpc) is 3.37. The zero-order chi connectivity index (χ0) is 23.8.